The average Bonchev–Trinajstić information content (AvgIpc) is 2.48. The maximum Gasteiger partial charge on any atom is 0.224 e. The molecule has 0 aliphatic heterocycles. The quantitative estimate of drug-likeness (QED) is 0.907. The molecule has 0 heterocycles. The lowest BCUT2D eigenvalue weighted by Crippen LogP contribution is -2.39. The summed E-state index contributed by atoms with van der Waals surface area (Å²) >= 11 is 1.92. The number of amides is 1. The molecule has 0 spiro atoms. The van der Waals surface area contributed by atoms with Gasteiger partial charge in [-0.2, -0.15) is 11.8 Å². The molecule has 1 N–H and O–H groups in total. The van der Waals surface area contributed by atoms with Crippen LogP contribution in [0.25, 0.3) is 0 Å². The zero-order chi connectivity index (χ0) is 14.4. The summed E-state index contributed by atoms with van der Waals surface area (Å²) in [6, 6.07) is 8.04. The Morgan fingerprint density at radius 2 is 2.20 bits per heavy atom. The number of methoxy groups -OCH3 is 1. The van der Waals surface area contributed by atoms with E-state index in [-0.39, 0.29) is 5.91 Å². The molecule has 110 valence electrons. The Hall–Kier alpha value is -1.16. The van der Waals surface area contributed by atoms with E-state index in [2.05, 4.69) is 11.6 Å². The molecule has 2 rings (SSSR count). The number of para-hydroxylation sites is 1. The zero-order valence-electron chi connectivity index (χ0n) is 12.2. The SMILES string of the molecule is COc1ccccc1CC(=O)NC1CCCC(SC)C1. The van der Waals surface area contributed by atoms with Crippen molar-refractivity contribution in [2.24, 2.45) is 0 Å². The second-order valence-electron chi connectivity index (χ2n) is 5.28. The normalized spacial score (nSPS) is 22.3. The lowest BCUT2D eigenvalue weighted by Gasteiger charge is -2.28. The van der Waals surface area contributed by atoms with Gasteiger partial charge in [0.05, 0.1) is 13.5 Å². The minimum Gasteiger partial charge on any atom is -0.496 e. The van der Waals surface area contributed by atoms with Gasteiger partial charge in [-0.15, -0.1) is 0 Å². The van der Waals surface area contributed by atoms with Crippen molar-refractivity contribution in [1.82, 2.24) is 5.32 Å². The second kappa shape index (κ2) is 7.58. The molecular formula is C16H23NO2S. The van der Waals surface area contributed by atoms with Crippen molar-refractivity contribution in [1.29, 1.82) is 0 Å². The monoisotopic (exact) mass is 293 g/mol. The molecule has 1 aromatic rings. The van der Waals surface area contributed by atoms with E-state index in [0.29, 0.717) is 17.7 Å². The van der Waals surface area contributed by atoms with E-state index in [1.165, 1.54) is 12.8 Å². The predicted molar refractivity (Wildman–Crippen MR) is 84.4 cm³/mol. The van der Waals surface area contributed by atoms with E-state index in [4.69, 9.17) is 4.74 Å². The molecule has 1 aromatic carbocycles. The van der Waals surface area contributed by atoms with Crippen LogP contribution in [0.4, 0.5) is 0 Å². The summed E-state index contributed by atoms with van der Waals surface area (Å²) in [5.74, 6) is 0.884. The lowest BCUT2D eigenvalue weighted by molar-refractivity contribution is -0.121. The summed E-state index contributed by atoms with van der Waals surface area (Å²) in [6.45, 7) is 0. The molecule has 20 heavy (non-hydrogen) atoms. The molecule has 1 fully saturated rings. The summed E-state index contributed by atoms with van der Waals surface area (Å²) < 4.78 is 5.29. The van der Waals surface area contributed by atoms with Crippen LogP contribution in [-0.2, 0) is 11.2 Å². The zero-order valence-corrected chi connectivity index (χ0v) is 13.0. The number of hydrogen-bond donors (Lipinski definition) is 1. The largest absolute Gasteiger partial charge is 0.496 e. The lowest BCUT2D eigenvalue weighted by atomic mass is 9.94. The van der Waals surface area contributed by atoms with Crippen LogP contribution in [0.1, 0.15) is 31.2 Å². The molecule has 1 aliphatic carbocycles. The Morgan fingerprint density at radius 3 is 2.95 bits per heavy atom. The van der Waals surface area contributed by atoms with Crippen LogP contribution in [0.3, 0.4) is 0 Å². The summed E-state index contributed by atoms with van der Waals surface area (Å²) in [5.41, 5.74) is 0.949. The number of ether oxygens (including phenoxy) is 1. The summed E-state index contributed by atoms with van der Waals surface area (Å²) in [6.07, 6.45) is 7.24. The van der Waals surface area contributed by atoms with E-state index >= 15 is 0 Å². The fraction of sp³-hybridized carbons (Fsp3) is 0.562. The first-order valence-corrected chi connectivity index (χ1v) is 8.45. The highest BCUT2D eigenvalue weighted by molar-refractivity contribution is 7.99. The molecule has 0 saturated heterocycles. The van der Waals surface area contributed by atoms with E-state index in [1.54, 1.807) is 7.11 Å². The first kappa shape index (κ1) is 15.2. The van der Waals surface area contributed by atoms with E-state index in [1.807, 2.05) is 36.0 Å². The predicted octanol–water partition coefficient (Wildman–Crippen LogP) is 3.03. The highest BCUT2D eigenvalue weighted by atomic mass is 32.2. The van der Waals surface area contributed by atoms with Crippen LogP contribution in [0.15, 0.2) is 24.3 Å². The van der Waals surface area contributed by atoms with E-state index in [0.717, 1.165) is 24.2 Å². The molecule has 0 radical (unpaired) electrons. The van der Waals surface area contributed by atoms with Gasteiger partial charge in [0.2, 0.25) is 5.91 Å². The third-order valence-electron chi connectivity index (χ3n) is 3.87. The highest BCUT2D eigenvalue weighted by Gasteiger charge is 2.22. The van der Waals surface area contributed by atoms with Crippen molar-refractivity contribution in [3.8, 4) is 5.75 Å². The average molecular weight is 293 g/mol. The molecule has 3 nitrogen and oxygen atoms in total. The van der Waals surface area contributed by atoms with Gasteiger partial charge >= 0.3 is 0 Å². The van der Waals surface area contributed by atoms with Gasteiger partial charge in [0.1, 0.15) is 5.75 Å². The van der Waals surface area contributed by atoms with Gasteiger partial charge in [0.25, 0.3) is 0 Å². The third kappa shape index (κ3) is 4.17. The van der Waals surface area contributed by atoms with Crippen LogP contribution in [0.5, 0.6) is 5.75 Å². The Morgan fingerprint density at radius 1 is 1.40 bits per heavy atom. The smallest absolute Gasteiger partial charge is 0.224 e. The molecule has 2 atom stereocenters. The fourth-order valence-electron chi connectivity index (χ4n) is 2.79. The highest BCUT2D eigenvalue weighted by Crippen LogP contribution is 2.27. The van der Waals surface area contributed by atoms with Crippen molar-refractivity contribution in [2.75, 3.05) is 13.4 Å². The molecule has 4 heteroatoms. The van der Waals surface area contributed by atoms with Crippen molar-refractivity contribution in [3.05, 3.63) is 29.8 Å². The van der Waals surface area contributed by atoms with Crippen LogP contribution in [0, 0.1) is 0 Å². The Kier molecular flexibility index (Phi) is 5.77. The van der Waals surface area contributed by atoms with Gasteiger partial charge in [-0.1, -0.05) is 24.6 Å². The van der Waals surface area contributed by atoms with Gasteiger partial charge in [-0.25, -0.2) is 0 Å². The molecule has 2 unspecified atom stereocenters. The van der Waals surface area contributed by atoms with E-state index in [9.17, 15) is 4.79 Å². The number of thioether (sulfide) groups is 1. The Labute approximate surface area is 125 Å². The first-order chi connectivity index (χ1) is 9.72. The Balaban J connectivity index is 1.89. The maximum atomic E-state index is 12.2. The minimum absolute atomic E-state index is 0.0984. The van der Waals surface area contributed by atoms with Gasteiger partial charge in [-0.05, 0) is 31.6 Å². The number of benzene rings is 1. The minimum atomic E-state index is 0.0984. The van der Waals surface area contributed by atoms with Crippen molar-refractivity contribution < 1.29 is 9.53 Å². The van der Waals surface area contributed by atoms with Gasteiger partial charge in [0, 0.05) is 16.9 Å². The molecule has 1 amide bonds. The van der Waals surface area contributed by atoms with E-state index < -0.39 is 0 Å². The van der Waals surface area contributed by atoms with Gasteiger partial charge < -0.3 is 10.1 Å². The van der Waals surface area contributed by atoms with Gasteiger partial charge in [-0.3, -0.25) is 4.79 Å². The van der Waals surface area contributed by atoms with Crippen LogP contribution >= 0.6 is 11.8 Å². The topological polar surface area (TPSA) is 38.3 Å². The molecule has 0 aromatic heterocycles. The summed E-state index contributed by atoms with van der Waals surface area (Å²) in [5, 5.41) is 3.87. The first-order valence-electron chi connectivity index (χ1n) is 7.17. The number of carbonyl (C=O) groups excluding carboxylic acids is 1. The number of hydrogen-bond acceptors (Lipinski definition) is 3. The maximum absolute atomic E-state index is 12.2. The van der Waals surface area contributed by atoms with Crippen LogP contribution < -0.4 is 10.1 Å². The molecule has 0 bridgehead atoms. The summed E-state index contributed by atoms with van der Waals surface area (Å²) in [4.78, 5) is 12.2. The second-order valence-corrected chi connectivity index (χ2v) is 6.42. The fourth-order valence-corrected chi connectivity index (χ4v) is 3.62. The third-order valence-corrected chi connectivity index (χ3v) is 4.96. The van der Waals surface area contributed by atoms with Crippen molar-refractivity contribution in [3.63, 3.8) is 0 Å². The standard InChI is InChI=1S/C16H23NO2S/c1-19-15-9-4-3-6-12(15)10-16(18)17-13-7-5-8-14(11-13)20-2/h3-4,6,9,13-14H,5,7-8,10-11H2,1-2H3,(H,17,18). The van der Waals surface area contributed by atoms with Crippen LogP contribution in [-0.4, -0.2) is 30.6 Å². The number of nitrogens with one attached hydrogen (secondary N) is 1. The van der Waals surface area contributed by atoms with Crippen LogP contribution in [0.2, 0.25) is 0 Å². The molecule has 1 saturated carbocycles. The molecule has 1 aliphatic rings. The summed E-state index contributed by atoms with van der Waals surface area (Å²) in [7, 11) is 1.64. The van der Waals surface area contributed by atoms with Crippen molar-refractivity contribution >= 4 is 17.7 Å². The van der Waals surface area contributed by atoms with Crippen molar-refractivity contribution in [2.45, 2.75) is 43.4 Å². The Bertz CT molecular complexity index is 450. The van der Waals surface area contributed by atoms with Gasteiger partial charge in [0.15, 0.2) is 0 Å². The number of rotatable bonds is 5. The number of carbonyl (C=O) groups is 1. The molecular weight excluding hydrogens is 270 g/mol.